The summed E-state index contributed by atoms with van der Waals surface area (Å²) in [4.78, 5) is 21.6. The largest absolute Gasteiger partial charge is 0.438 e. The number of fused-ring (bicyclic) bond motifs is 3. The van der Waals surface area contributed by atoms with E-state index in [1.807, 2.05) is 6.92 Å². The average Bonchev–Trinajstić information content (AvgIpc) is 3.07. The highest BCUT2D eigenvalue weighted by Crippen LogP contribution is 2.41. The van der Waals surface area contributed by atoms with Crippen LogP contribution in [-0.4, -0.2) is 14.9 Å². The van der Waals surface area contributed by atoms with Crippen molar-refractivity contribution in [2.24, 2.45) is 0 Å². The van der Waals surface area contributed by atoms with Crippen molar-refractivity contribution >= 4 is 27.2 Å². The van der Waals surface area contributed by atoms with Gasteiger partial charge in [-0.1, -0.05) is 0 Å². The van der Waals surface area contributed by atoms with Gasteiger partial charge in [0.2, 0.25) is 5.88 Å². The summed E-state index contributed by atoms with van der Waals surface area (Å²) in [7, 11) is 0. The minimum absolute atomic E-state index is 0.0396. The Labute approximate surface area is 135 Å². The quantitative estimate of drug-likeness (QED) is 0.532. The molecule has 2 aromatic heterocycles. The van der Waals surface area contributed by atoms with Crippen molar-refractivity contribution < 1.29 is 9.66 Å². The highest BCUT2D eigenvalue weighted by Gasteiger charge is 2.23. The first-order valence-electron chi connectivity index (χ1n) is 7.33. The van der Waals surface area contributed by atoms with E-state index in [1.165, 1.54) is 22.6 Å². The third-order valence-corrected chi connectivity index (χ3v) is 5.09. The average molecular weight is 327 g/mol. The third kappa shape index (κ3) is 2.43. The fraction of sp³-hybridized carbons (Fsp3) is 0.250. The van der Waals surface area contributed by atoms with Crippen molar-refractivity contribution in [3.05, 3.63) is 50.6 Å². The molecule has 1 aliphatic rings. The van der Waals surface area contributed by atoms with Crippen molar-refractivity contribution in [1.29, 1.82) is 0 Å². The summed E-state index contributed by atoms with van der Waals surface area (Å²) in [6.45, 7) is 1.84. The van der Waals surface area contributed by atoms with Gasteiger partial charge in [-0.2, -0.15) is 4.98 Å². The highest BCUT2D eigenvalue weighted by molar-refractivity contribution is 7.19. The summed E-state index contributed by atoms with van der Waals surface area (Å²) in [6.07, 6.45) is 3.27. The second-order valence-electron chi connectivity index (χ2n) is 5.47. The molecule has 1 aromatic carbocycles. The van der Waals surface area contributed by atoms with Gasteiger partial charge in [0.25, 0.3) is 5.69 Å². The lowest BCUT2D eigenvalue weighted by Gasteiger charge is -2.07. The summed E-state index contributed by atoms with van der Waals surface area (Å²) in [5, 5.41) is 11.7. The van der Waals surface area contributed by atoms with Gasteiger partial charge in [-0.3, -0.25) is 10.1 Å². The van der Waals surface area contributed by atoms with E-state index >= 15 is 0 Å². The molecule has 1 aliphatic carbocycles. The first-order valence-corrected chi connectivity index (χ1v) is 8.14. The molecular weight excluding hydrogens is 314 g/mol. The van der Waals surface area contributed by atoms with Crippen LogP contribution in [0.3, 0.4) is 0 Å². The monoisotopic (exact) mass is 327 g/mol. The summed E-state index contributed by atoms with van der Waals surface area (Å²) in [5.74, 6) is 1.74. The fourth-order valence-electron chi connectivity index (χ4n) is 2.89. The van der Waals surface area contributed by atoms with Crippen LogP contribution in [0.1, 0.15) is 22.7 Å². The van der Waals surface area contributed by atoms with Gasteiger partial charge >= 0.3 is 0 Å². The van der Waals surface area contributed by atoms with Crippen LogP contribution in [-0.2, 0) is 12.8 Å². The van der Waals surface area contributed by atoms with E-state index in [9.17, 15) is 10.1 Å². The zero-order valence-electron chi connectivity index (χ0n) is 12.4. The number of nitrogens with zero attached hydrogens (tertiary/aromatic N) is 3. The molecule has 0 saturated carbocycles. The van der Waals surface area contributed by atoms with Crippen LogP contribution < -0.4 is 4.74 Å². The third-order valence-electron chi connectivity index (χ3n) is 3.91. The fourth-order valence-corrected chi connectivity index (χ4v) is 4.18. The standard InChI is InChI=1S/C16H13N3O3S/c1-9-17-15(22-11-7-5-10(6-8-11)19(20)21)14-12-3-2-4-13(12)23-16(14)18-9/h5-8H,2-4H2,1H3. The van der Waals surface area contributed by atoms with Gasteiger partial charge in [0.1, 0.15) is 16.4 Å². The number of nitro benzene ring substituents is 1. The Morgan fingerprint density at radius 1 is 1.22 bits per heavy atom. The Hall–Kier alpha value is -2.54. The molecule has 0 aliphatic heterocycles. The van der Waals surface area contributed by atoms with Crippen molar-refractivity contribution in [1.82, 2.24) is 9.97 Å². The van der Waals surface area contributed by atoms with Crippen LogP contribution in [0.4, 0.5) is 5.69 Å². The van der Waals surface area contributed by atoms with E-state index in [2.05, 4.69) is 9.97 Å². The molecule has 6 nitrogen and oxygen atoms in total. The number of thiophene rings is 1. The van der Waals surface area contributed by atoms with Crippen LogP contribution in [0.25, 0.3) is 10.2 Å². The number of aromatic nitrogens is 2. The minimum Gasteiger partial charge on any atom is -0.438 e. The van der Waals surface area contributed by atoms with Crippen LogP contribution in [0.2, 0.25) is 0 Å². The Balaban J connectivity index is 1.77. The number of ether oxygens (including phenoxy) is 1. The number of hydrogen-bond acceptors (Lipinski definition) is 6. The van der Waals surface area contributed by atoms with Gasteiger partial charge in [-0.15, -0.1) is 11.3 Å². The van der Waals surface area contributed by atoms with Crippen molar-refractivity contribution in [3.63, 3.8) is 0 Å². The first-order chi connectivity index (χ1) is 11.1. The minimum atomic E-state index is -0.428. The van der Waals surface area contributed by atoms with Gasteiger partial charge in [0, 0.05) is 17.0 Å². The second-order valence-corrected chi connectivity index (χ2v) is 6.55. The van der Waals surface area contributed by atoms with Gasteiger partial charge < -0.3 is 4.74 Å². The molecule has 0 spiro atoms. The van der Waals surface area contributed by atoms with Gasteiger partial charge in [0.05, 0.1) is 10.3 Å². The second kappa shape index (κ2) is 5.27. The number of non-ortho nitro benzene ring substituents is 1. The SMILES string of the molecule is Cc1nc(Oc2ccc([N+](=O)[O-])cc2)c2c3c(sc2n1)CCC3. The zero-order valence-corrected chi connectivity index (χ0v) is 13.2. The van der Waals surface area contributed by atoms with Crippen LogP contribution in [0.15, 0.2) is 24.3 Å². The van der Waals surface area contributed by atoms with Crippen molar-refractivity contribution in [2.75, 3.05) is 0 Å². The number of benzene rings is 1. The molecule has 4 rings (SSSR count). The molecule has 0 fully saturated rings. The number of hydrogen-bond donors (Lipinski definition) is 0. The van der Waals surface area contributed by atoms with E-state index < -0.39 is 4.92 Å². The molecule has 3 aromatic rings. The lowest BCUT2D eigenvalue weighted by molar-refractivity contribution is -0.384. The van der Waals surface area contributed by atoms with E-state index in [0.717, 1.165) is 29.5 Å². The molecule has 7 heteroatoms. The van der Waals surface area contributed by atoms with Crippen LogP contribution in [0, 0.1) is 17.0 Å². The van der Waals surface area contributed by atoms with E-state index in [1.54, 1.807) is 23.5 Å². The molecule has 116 valence electrons. The number of aryl methyl sites for hydroxylation is 3. The Morgan fingerprint density at radius 2 is 2.00 bits per heavy atom. The smallest absolute Gasteiger partial charge is 0.269 e. The molecule has 0 N–H and O–H groups in total. The number of rotatable bonds is 3. The maximum atomic E-state index is 10.7. The van der Waals surface area contributed by atoms with Crippen LogP contribution >= 0.6 is 11.3 Å². The molecule has 0 saturated heterocycles. The molecule has 0 bridgehead atoms. The van der Waals surface area contributed by atoms with Gasteiger partial charge in [0.15, 0.2) is 0 Å². The molecular formula is C16H13N3O3S. The van der Waals surface area contributed by atoms with Gasteiger partial charge in [-0.05, 0) is 43.9 Å². The summed E-state index contributed by atoms with van der Waals surface area (Å²) in [5.41, 5.74) is 1.33. The first kappa shape index (κ1) is 14.1. The molecule has 0 unspecified atom stereocenters. The van der Waals surface area contributed by atoms with Crippen molar-refractivity contribution in [3.8, 4) is 11.6 Å². The Kier molecular flexibility index (Phi) is 3.23. The predicted molar refractivity (Wildman–Crippen MR) is 87.3 cm³/mol. The van der Waals surface area contributed by atoms with Crippen LogP contribution in [0.5, 0.6) is 11.6 Å². The van der Waals surface area contributed by atoms with Crippen molar-refractivity contribution in [2.45, 2.75) is 26.2 Å². The van der Waals surface area contributed by atoms with E-state index in [4.69, 9.17) is 4.74 Å². The number of nitro groups is 1. The van der Waals surface area contributed by atoms with E-state index in [-0.39, 0.29) is 5.69 Å². The zero-order chi connectivity index (χ0) is 16.0. The topological polar surface area (TPSA) is 78.2 Å². The Bertz CT molecular complexity index is 918. The summed E-state index contributed by atoms with van der Waals surface area (Å²) < 4.78 is 5.92. The molecule has 23 heavy (non-hydrogen) atoms. The van der Waals surface area contributed by atoms with E-state index in [0.29, 0.717) is 17.5 Å². The normalized spacial score (nSPS) is 13.3. The lowest BCUT2D eigenvalue weighted by atomic mass is 10.2. The maximum Gasteiger partial charge on any atom is 0.269 e. The summed E-state index contributed by atoms with van der Waals surface area (Å²) >= 11 is 1.71. The Morgan fingerprint density at radius 3 is 2.74 bits per heavy atom. The predicted octanol–water partition coefficient (Wildman–Crippen LogP) is 4.19. The highest BCUT2D eigenvalue weighted by atomic mass is 32.1. The van der Waals surface area contributed by atoms with Gasteiger partial charge in [-0.25, -0.2) is 4.98 Å². The molecule has 0 radical (unpaired) electrons. The maximum absolute atomic E-state index is 10.7. The lowest BCUT2D eigenvalue weighted by Crippen LogP contribution is -1.95. The summed E-state index contributed by atoms with van der Waals surface area (Å²) in [6, 6.07) is 6.04. The molecule has 0 atom stereocenters. The molecule has 0 amide bonds. The molecule has 2 heterocycles.